The Kier molecular flexibility index (Phi) is 6.76. The van der Waals surface area contributed by atoms with Crippen LogP contribution in [0.3, 0.4) is 0 Å². The molecule has 0 aliphatic carbocycles. The zero-order valence-electron chi connectivity index (χ0n) is 19.6. The van der Waals surface area contributed by atoms with Crippen molar-refractivity contribution in [3.8, 4) is 5.75 Å². The first kappa shape index (κ1) is 22.8. The molecule has 7 heteroatoms. The predicted molar refractivity (Wildman–Crippen MR) is 138 cm³/mol. The monoisotopic (exact) mass is 475 g/mol. The van der Waals surface area contributed by atoms with Crippen molar-refractivity contribution in [3.63, 3.8) is 0 Å². The van der Waals surface area contributed by atoms with Gasteiger partial charge in [-0.05, 0) is 47.9 Å². The average Bonchev–Trinajstić information content (AvgIpc) is 3.33. The molecule has 4 aromatic rings. The highest BCUT2D eigenvalue weighted by molar-refractivity contribution is 7.22. The number of ether oxygens (including phenoxy) is 2. The minimum atomic E-state index is -0.0246. The number of amides is 1. The van der Waals surface area contributed by atoms with Gasteiger partial charge in [-0.3, -0.25) is 14.6 Å². The van der Waals surface area contributed by atoms with Crippen LogP contribution < -0.4 is 9.64 Å². The number of carbonyl (C=O) groups is 1. The van der Waals surface area contributed by atoms with Gasteiger partial charge in [0, 0.05) is 31.7 Å². The van der Waals surface area contributed by atoms with E-state index in [-0.39, 0.29) is 5.91 Å². The molecule has 176 valence electrons. The van der Waals surface area contributed by atoms with Crippen LogP contribution in [0.5, 0.6) is 5.75 Å². The first-order valence-electron chi connectivity index (χ1n) is 11.7. The van der Waals surface area contributed by atoms with Gasteiger partial charge in [-0.2, -0.15) is 0 Å². The van der Waals surface area contributed by atoms with E-state index in [4.69, 9.17) is 14.5 Å². The van der Waals surface area contributed by atoms with Crippen LogP contribution in [-0.2, 0) is 4.74 Å². The van der Waals surface area contributed by atoms with Crippen LogP contribution in [0.1, 0.15) is 22.3 Å². The number of methoxy groups -OCH3 is 1. The van der Waals surface area contributed by atoms with Crippen molar-refractivity contribution in [2.75, 3.05) is 51.4 Å². The van der Waals surface area contributed by atoms with Crippen LogP contribution in [0.25, 0.3) is 21.0 Å². The number of benzene rings is 3. The summed E-state index contributed by atoms with van der Waals surface area (Å²) in [5, 5.41) is 2.89. The Labute approximate surface area is 203 Å². The van der Waals surface area contributed by atoms with E-state index in [1.807, 2.05) is 53.4 Å². The van der Waals surface area contributed by atoms with E-state index in [0.29, 0.717) is 17.2 Å². The molecule has 0 N–H and O–H groups in total. The lowest BCUT2D eigenvalue weighted by Crippen LogP contribution is -2.39. The number of morpholine rings is 1. The van der Waals surface area contributed by atoms with Crippen LogP contribution in [0, 0.1) is 6.92 Å². The fourth-order valence-corrected chi connectivity index (χ4v) is 5.49. The molecule has 34 heavy (non-hydrogen) atoms. The predicted octanol–water partition coefficient (Wildman–Crippen LogP) is 5.14. The lowest BCUT2D eigenvalue weighted by Gasteiger charge is -2.27. The molecule has 3 aromatic carbocycles. The molecule has 0 bridgehead atoms. The number of fused-ring (bicyclic) bond motifs is 2. The number of rotatable bonds is 7. The number of carbonyl (C=O) groups excluding carboxylic acids is 1. The molecule has 1 fully saturated rings. The number of hydrogen-bond donors (Lipinski definition) is 0. The largest absolute Gasteiger partial charge is 0.494 e. The Bertz CT molecular complexity index is 1310. The normalized spacial score (nSPS) is 14.5. The fraction of sp³-hybridized carbons (Fsp3) is 0.333. The molecule has 0 atom stereocenters. The zero-order valence-corrected chi connectivity index (χ0v) is 20.4. The molecule has 1 amide bonds. The van der Waals surface area contributed by atoms with Crippen LogP contribution in [-0.4, -0.2) is 62.3 Å². The van der Waals surface area contributed by atoms with E-state index < -0.39 is 0 Å². The van der Waals surface area contributed by atoms with Crippen molar-refractivity contribution in [2.24, 2.45) is 0 Å². The Morgan fingerprint density at radius 3 is 2.71 bits per heavy atom. The summed E-state index contributed by atoms with van der Waals surface area (Å²) in [4.78, 5) is 22.9. The smallest absolute Gasteiger partial charge is 0.260 e. The summed E-state index contributed by atoms with van der Waals surface area (Å²) >= 11 is 1.55. The molecule has 2 heterocycles. The quantitative estimate of drug-likeness (QED) is 0.371. The van der Waals surface area contributed by atoms with E-state index in [2.05, 4.69) is 17.9 Å². The first-order chi connectivity index (χ1) is 16.6. The highest BCUT2D eigenvalue weighted by Crippen LogP contribution is 2.37. The van der Waals surface area contributed by atoms with Gasteiger partial charge in [0.25, 0.3) is 5.91 Å². The molecular weight excluding hydrogens is 446 g/mol. The highest BCUT2D eigenvalue weighted by Gasteiger charge is 2.23. The van der Waals surface area contributed by atoms with Gasteiger partial charge in [-0.1, -0.05) is 47.7 Å². The standard InChI is InChI=1S/C27H29N3O3S/c1-19-8-11-23(32-2)24-25(19)34-27(28-24)30(13-5-12-29-14-16-33-17-15-29)26(31)22-10-9-20-6-3-4-7-21(20)18-22/h3-4,6-11,18H,5,12-17H2,1-2H3. The minimum Gasteiger partial charge on any atom is -0.494 e. The molecule has 0 unspecified atom stereocenters. The van der Waals surface area contributed by atoms with Gasteiger partial charge in [0.2, 0.25) is 0 Å². The van der Waals surface area contributed by atoms with E-state index in [1.165, 1.54) is 0 Å². The third kappa shape index (κ3) is 4.64. The van der Waals surface area contributed by atoms with Gasteiger partial charge in [0.05, 0.1) is 25.0 Å². The Morgan fingerprint density at radius 1 is 1.12 bits per heavy atom. The summed E-state index contributed by atoms with van der Waals surface area (Å²) in [6, 6.07) is 18.0. The Balaban J connectivity index is 1.47. The molecule has 1 saturated heterocycles. The van der Waals surface area contributed by atoms with Crippen molar-refractivity contribution in [1.82, 2.24) is 9.88 Å². The van der Waals surface area contributed by atoms with Crippen molar-refractivity contribution >= 4 is 43.4 Å². The molecule has 5 rings (SSSR count). The van der Waals surface area contributed by atoms with E-state index >= 15 is 0 Å². The number of thiazole rings is 1. The van der Waals surface area contributed by atoms with Gasteiger partial charge in [-0.15, -0.1) is 0 Å². The summed E-state index contributed by atoms with van der Waals surface area (Å²) < 4.78 is 12.1. The van der Waals surface area contributed by atoms with Crippen LogP contribution in [0.4, 0.5) is 5.13 Å². The van der Waals surface area contributed by atoms with Gasteiger partial charge < -0.3 is 9.47 Å². The maximum absolute atomic E-state index is 13.8. The molecule has 0 spiro atoms. The lowest BCUT2D eigenvalue weighted by atomic mass is 10.1. The van der Waals surface area contributed by atoms with E-state index in [1.54, 1.807) is 18.4 Å². The number of aromatic nitrogens is 1. The van der Waals surface area contributed by atoms with Gasteiger partial charge in [0.15, 0.2) is 5.13 Å². The lowest BCUT2D eigenvalue weighted by molar-refractivity contribution is 0.0376. The Morgan fingerprint density at radius 2 is 1.91 bits per heavy atom. The molecule has 0 radical (unpaired) electrons. The third-order valence-corrected chi connectivity index (χ3v) is 7.56. The summed E-state index contributed by atoms with van der Waals surface area (Å²) in [5.41, 5.74) is 2.62. The summed E-state index contributed by atoms with van der Waals surface area (Å²) in [6.45, 7) is 7.03. The molecule has 1 aliphatic heterocycles. The van der Waals surface area contributed by atoms with Gasteiger partial charge in [0.1, 0.15) is 11.3 Å². The second-order valence-corrected chi connectivity index (χ2v) is 9.56. The van der Waals surface area contributed by atoms with Crippen LogP contribution in [0.15, 0.2) is 54.6 Å². The highest BCUT2D eigenvalue weighted by atomic mass is 32.1. The number of aryl methyl sites for hydroxylation is 1. The molecule has 6 nitrogen and oxygen atoms in total. The number of nitrogens with zero attached hydrogens (tertiary/aromatic N) is 3. The van der Waals surface area contributed by atoms with Crippen molar-refractivity contribution < 1.29 is 14.3 Å². The average molecular weight is 476 g/mol. The molecule has 0 saturated carbocycles. The second kappa shape index (κ2) is 10.1. The SMILES string of the molecule is COc1ccc(C)c2sc(N(CCCN3CCOCC3)C(=O)c3ccc4ccccc4c3)nc12. The summed E-state index contributed by atoms with van der Waals surface area (Å²) in [6.07, 6.45) is 0.866. The van der Waals surface area contributed by atoms with Gasteiger partial charge in [-0.25, -0.2) is 4.98 Å². The van der Waals surface area contributed by atoms with Gasteiger partial charge >= 0.3 is 0 Å². The maximum atomic E-state index is 13.8. The zero-order chi connectivity index (χ0) is 23.5. The number of hydrogen-bond acceptors (Lipinski definition) is 6. The second-order valence-electron chi connectivity index (χ2n) is 8.59. The summed E-state index contributed by atoms with van der Waals surface area (Å²) in [5.74, 6) is 0.706. The molecule has 1 aromatic heterocycles. The fourth-order valence-electron chi connectivity index (χ4n) is 4.42. The van der Waals surface area contributed by atoms with E-state index in [9.17, 15) is 4.79 Å². The van der Waals surface area contributed by atoms with Crippen molar-refractivity contribution in [3.05, 3.63) is 65.7 Å². The van der Waals surface area contributed by atoms with Crippen LogP contribution in [0.2, 0.25) is 0 Å². The van der Waals surface area contributed by atoms with Crippen molar-refractivity contribution in [1.29, 1.82) is 0 Å². The van der Waals surface area contributed by atoms with Crippen LogP contribution >= 0.6 is 11.3 Å². The molecule has 1 aliphatic rings. The van der Waals surface area contributed by atoms with E-state index in [0.717, 1.165) is 71.6 Å². The van der Waals surface area contributed by atoms with Crippen molar-refractivity contribution in [2.45, 2.75) is 13.3 Å². The summed E-state index contributed by atoms with van der Waals surface area (Å²) in [7, 11) is 1.66. The topological polar surface area (TPSA) is 54.9 Å². The number of anilines is 1. The third-order valence-electron chi connectivity index (χ3n) is 6.34. The minimum absolute atomic E-state index is 0.0246. The maximum Gasteiger partial charge on any atom is 0.260 e. The Hall–Kier alpha value is -3.00. The molecular formula is C27H29N3O3S. The first-order valence-corrected chi connectivity index (χ1v) is 12.5.